The average Bonchev–Trinajstić information content (AvgIpc) is 3.01. The SMILES string of the molecule is CCc1ccc(C(=O)N2C(C)CC3CCCCC32)o1. The van der Waals surface area contributed by atoms with Crippen LogP contribution in [0.15, 0.2) is 16.5 Å². The van der Waals surface area contributed by atoms with Crippen LogP contribution in [0.4, 0.5) is 0 Å². The predicted octanol–water partition coefficient (Wildman–Crippen LogP) is 3.64. The molecule has 1 aromatic heterocycles. The third-order valence-electron chi connectivity index (χ3n) is 4.80. The van der Waals surface area contributed by atoms with Crippen LogP contribution in [0.3, 0.4) is 0 Å². The van der Waals surface area contributed by atoms with E-state index < -0.39 is 0 Å². The second-order valence-electron chi connectivity index (χ2n) is 6.03. The van der Waals surface area contributed by atoms with E-state index in [1.54, 1.807) is 0 Å². The summed E-state index contributed by atoms with van der Waals surface area (Å²) in [5.74, 6) is 2.24. The van der Waals surface area contributed by atoms with Gasteiger partial charge in [-0.3, -0.25) is 4.79 Å². The molecule has 1 aromatic rings. The molecule has 1 saturated carbocycles. The summed E-state index contributed by atoms with van der Waals surface area (Å²) in [6.07, 6.45) is 7.05. The Morgan fingerprint density at radius 1 is 1.37 bits per heavy atom. The Labute approximate surface area is 115 Å². The van der Waals surface area contributed by atoms with Crippen molar-refractivity contribution in [2.45, 2.75) is 64.5 Å². The highest BCUT2D eigenvalue weighted by molar-refractivity contribution is 5.92. The van der Waals surface area contributed by atoms with Crippen LogP contribution in [-0.4, -0.2) is 22.9 Å². The number of aryl methyl sites for hydroxylation is 1. The molecule has 3 heteroatoms. The van der Waals surface area contributed by atoms with Gasteiger partial charge in [0.15, 0.2) is 5.76 Å². The summed E-state index contributed by atoms with van der Waals surface area (Å²) in [5, 5.41) is 0. The fraction of sp³-hybridized carbons (Fsp3) is 0.688. The summed E-state index contributed by atoms with van der Waals surface area (Å²) in [6, 6.07) is 4.57. The maximum atomic E-state index is 12.7. The number of rotatable bonds is 2. The Hall–Kier alpha value is -1.25. The lowest BCUT2D eigenvalue weighted by Crippen LogP contribution is -2.42. The highest BCUT2D eigenvalue weighted by Crippen LogP contribution is 2.40. The minimum atomic E-state index is 0.0987. The summed E-state index contributed by atoms with van der Waals surface area (Å²) in [5.41, 5.74) is 0. The lowest BCUT2D eigenvalue weighted by Gasteiger charge is -2.32. The molecule has 1 saturated heterocycles. The van der Waals surface area contributed by atoms with E-state index in [9.17, 15) is 4.79 Å². The average molecular weight is 261 g/mol. The molecule has 0 radical (unpaired) electrons. The Morgan fingerprint density at radius 3 is 2.89 bits per heavy atom. The normalized spacial score (nSPS) is 30.4. The van der Waals surface area contributed by atoms with Gasteiger partial charge in [-0.05, 0) is 44.2 Å². The molecule has 2 aliphatic rings. The molecule has 2 fully saturated rings. The van der Waals surface area contributed by atoms with Crippen LogP contribution in [0.1, 0.15) is 62.3 Å². The maximum Gasteiger partial charge on any atom is 0.290 e. The van der Waals surface area contributed by atoms with Gasteiger partial charge in [0, 0.05) is 18.5 Å². The van der Waals surface area contributed by atoms with Crippen molar-refractivity contribution in [3.63, 3.8) is 0 Å². The molecule has 1 aliphatic carbocycles. The zero-order valence-electron chi connectivity index (χ0n) is 11.9. The molecule has 0 bridgehead atoms. The van der Waals surface area contributed by atoms with Gasteiger partial charge in [-0.1, -0.05) is 19.8 Å². The summed E-state index contributed by atoms with van der Waals surface area (Å²) in [4.78, 5) is 14.8. The van der Waals surface area contributed by atoms with Gasteiger partial charge in [-0.25, -0.2) is 0 Å². The van der Waals surface area contributed by atoms with Crippen LogP contribution in [0.5, 0.6) is 0 Å². The van der Waals surface area contributed by atoms with Crippen molar-refractivity contribution in [1.82, 2.24) is 4.90 Å². The molecular weight excluding hydrogens is 238 g/mol. The number of furan rings is 1. The molecule has 19 heavy (non-hydrogen) atoms. The molecule has 3 rings (SSSR count). The van der Waals surface area contributed by atoms with Gasteiger partial charge < -0.3 is 9.32 Å². The van der Waals surface area contributed by atoms with Gasteiger partial charge in [0.25, 0.3) is 5.91 Å². The largest absolute Gasteiger partial charge is 0.456 e. The van der Waals surface area contributed by atoms with Gasteiger partial charge in [0.1, 0.15) is 5.76 Å². The van der Waals surface area contributed by atoms with Crippen molar-refractivity contribution in [3.05, 3.63) is 23.7 Å². The number of amides is 1. The van der Waals surface area contributed by atoms with E-state index in [2.05, 4.69) is 11.8 Å². The van der Waals surface area contributed by atoms with Crippen molar-refractivity contribution in [2.75, 3.05) is 0 Å². The first-order valence-electron chi connectivity index (χ1n) is 7.62. The van der Waals surface area contributed by atoms with E-state index in [0.717, 1.165) is 18.6 Å². The minimum Gasteiger partial charge on any atom is -0.456 e. The van der Waals surface area contributed by atoms with Crippen molar-refractivity contribution in [1.29, 1.82) is 0 Å². The number of carbonyl (C=O) groups excluding carboxylic acids is 1. The van der Waals surface area contributed by atoms with Gasteiger partial charge in [0.05, 0.1) is 0 Å². The van der Waals surface area contributed by atoms with Crippen LogP contribution >= 0.6 is 0 Å². The fourth-order valence-corrected chi connectivity index (χ4v) is 3.87. The minimum absolute atomic E-state index is 0.0987. The molecular formula is C16H23NO2. The molecule has 3 nitrogen and oxygen atoms in total. The van der Waals surface area contributed by atoms with Crippen molar-refractivity contribution in [2.24, 2.45) is 5.92 Å². The lowest BCUT2D eigenvalue weighted by atomic mass is 9.85. The van der Waals surface area contributed by atoms with E-state index in [1.165, 1.54) is 25.7 Å². The number of hydrogen-bond acceptors (Lipinski definition) is 2. The highest BCUT2D eigenvalue weighted by Gasteiger charge is 2.43. The van der Waals surface area contributed by atoms with Gasteiger partial charge in [-0.15, -0.1) is 0 Å². The molecule has 2 heterocycles. The van der Waals surface area contributed by atoms with Crippen LogP contribution in [0, 0.1) is 5.92 Å². The number of likely N-dealkylation sites (tertiary alicyclic amines) is 1. The topological polar surface area (TPSA) is 33.5 Å². The summed E-state index contributed by atoms with van der Waals surface area (Å²) in [6.45, 7) is 4.22. The summed E-state index contributed by atoms with van der Waals surface area (Å²) >= 11 is 0. The quantitative estimate of drug-likeness (QED) is 0.814. The molecule has 3 atom stereocenters. The van der Waals surface area contributed by atoms with Gasteiger partial charge >= 0.3 is 0 Å². The van der Waals surface area contributed by atoms with E-state index >= 15 is 0 Å². The van der Waals surface area contributed by atoms with Crippen molar-refractivity contribution in [3.8, 4) is 0 Å². The molecule has 1 aliphatic heterocycles. The number of carbonyl (C=O) groups is 1. The second-order valence-corrected chi connectivity index (χ2v) is 6.03. The van der Waals surface area contributed by atoms with Crippen LogP contribution < -0.4 is 0 Å². The van der Waals surface area contributed by atoms with Crippen molar-refractivity contribution >= 4 is 5.91 Å². The monoisotopic (exact) mass is 261 g/mol. The molecule has 0 N–H and O–H groups in total. The summed E-state index contributed by atoms with van der Waals surface area (Å²) < 4.78 is 5.64. The van der Waals surface area contributed by atoms with E-state index in [1.807, 2.05) is 19.1 Å². The fourth-order valence-electron chi connectivity index (χ4n) is 3.87. The van der Waals surface area contributed by atoms with Gasteiger partial charge in [0.2, 0.25) is 0 Å². The van der Waals surface area contributed by atoms with E-state index in [0.29, 0.717) is 23.8 Å². The molecule has 1 amide bonds. The predicted molar refractivity (Wildman–Crippen MR) is 74.1 cm³/mol. The smallest absolute Gasteiger partial charge is 0.290 e. The molecule has 0 aromatic carbocycles. The lowest BCUT2D eigenvalue weighted by molar-refractivity contribution is 0.0599. The number of hydrogen-bond donors (Lipinski definition) is 0. The van der Waals surface area contributed by atoms with Gasteiger partial charge in [-0.2, -0.15) is 0 Å². The Morgan fingerprint density at radius 2 is 2.16 bits per heavy atom. The Bertz CT molecular complexity index is 465. The van der Waals surface area contributed by atoms with E-state index in [4.69, 9.17) is 4.42 Å². The third-order valence-corrected chi connectivity index (χ3v) is 4.80. The summed E-state index contributed by atoms with van der Waals surface area (Å²) in [7, 11) is 0. The highest BCUT2D eigenvalue weighted by atomic mass is 16.4. The first-order chi connectivity index (χ1) is 9.20. The molecule has 104 valence electrons. The zero-order chi connectivity index (χ0) is 13.4. The van der Waals surface area contributed by atoms with E-state index in [-0.39, 0.29) is 5.91 Å². The Balaban J connectivity index is 1.81. The standard InChI is InChI=1S/C16H23NO2/c1-3-13-8-9-15(19-13)16(18)17-11(2)10-12-6-4-5-7-14(12)17/h8-9,11-12,14H,3-7,10H2,1-2H3. The van der Waals surface area contributed by atoms with Crippen LogP contribution in [0.25, 0.3) is 0 Å². The zero-order valence-corrected chi connectivity index (χ0v) is 11.9. The van der Waals surface area contributed by atoms with Crippen LogP contribution in [0.2, 0.25) is 0 Å². The Kier molecular flexibility index (Phi) is 3.38. The molecule has 3 unspecified atom stereocenters. The maximum absolute atomic E-state index is 12.7. The number of nitrogens with zero attached hydrogens (tertiary/aromatic N) is 1. The third kappa shape index (κ3) is 2.19. The van der Waals surface area contributed by atoms with Crippen molar-refractivity contribution < 1.29 is 9.21 Å². The second kappa shape index (κ2) is 5.03. The first kappa shape index (κ1) is 12.8. The first-order valence-corrected chi connectivity index (χ1v) is 7.62. The molecule has 0 spiro atoms. The van der Waals surface area contributed by atoms with Crippen LogP contribution in [-0.2, 0) is 6.42 Å². The number of fused-ring (bicyclic) bond motifs is 1.